The van der Waals surface area contributed by atoms with Crippen LogP contribution in [0, 0.1) is 5.82 Å². The Morgan fingerprint density at radius 1 is 0.927 bits per heavy atom. The Morgan fingerprint density at radius 2 is 1.66 bits per heavy atom. The standard InChI is InChI=1S/C34H39FN4O2/c1-37-25-29(21-26-11-5-4-6-12-26)34(41)39(24-27-14-16-30(35)17-15-27)31-22-28(23-36-33(31)37)32(40)13-7-10-20-38-18-8-2-3-9-19-38/h4-6,11-12,14-17,22-23,25H,2-3,7-10,13,18-21,24H2,1H3. The van der Waals surface area contributed by atoms with Crippen LogP contribution in [-0.4, -0.2) is 48.3 Å². The normalized spacial score (nSPS) is 16.1. The monoisotopic (exact) mass is 554 g/mol. The molecule has 2 aliphatic heterocycles. The van der Waals surface area contributed by atoms with Crippen molar-refractivity contribution in [2.24, 2.45) is 0 Å². The minimum Gasteiger partial charge on any atom is -0.334 e. The lowest BCUT2D eigenvalue weighted by Gasteiger charge is -2.25. The largest absolute Gasteiger partial charge is 0.334 e. The summed E-state index contributed by atoms with van der Waals surface area (Å²) in [6.07, 6.45) is 11.4. The lowest BCUT2D eigenvalue weighted by atomic mass is 10.0. The lowest BCUT2D eigenvalue weighted by molar-refractivity contribution is -0.115. The maximum absolute atomic E-state index is 14.0. The van der Waals surface area contributed by atoms with E-state index in [4.69, 9.17) is 0 Å². The van der Waals surface area contributed by atoms with Crippen LogP contribution < -0.4 is 9.80 Å². The van der Waals surface area contributed by atoms with E-state index in [1.807, 2.05) is 48.5 Å². The van der Waals surface area contributed by atoms with Crippen LogP contribution in [0.3, 0.4) is 0 Å². The number of aromatic nitrogens is 1. The van der Waals surface area contributed by atoms with E-state index in [9.17, 15) is 14.0 Å². The van der Waals surface area contributed by atoms with Crippen LogP contribution in [0.4, 0.5) is 15.9 Å². The summed E-state index contributed by atoms with van der Waals surface area (Å²) in [7, 11) is 1.87. The molecule has 0 bridgehead atoms. The number of fused-ring (bicyclic) bond motifs is 1. The van der Waals surface area contributed by atoms with Crippen LogP contribution in [0.15, 0.2) is 78.6 Å². The molecule has 0 spiro atoms. The SMILES string of the molecule is CN1C=C(Cc2ccccc2)C(=O)N(Cc2ccc(F)cc2)c2cc(C(=O)CCCCN3CCCCCC3)cnc21. The third-order valence-electron chi connectivity index (χ3n) is 7.98. The number of anilines is 2. The lowest BCUT2D eigenvalue weighted by Crippen LogP contribution is -2.32. The number of pyridine rings is 1. The van der Waals surface area contributed by atoms with Gasteiger partial charge in [0.25, 0.3) is 5.91 Å². The smallest absolute Gasteiger partial charge is 0.256 e. The first kappa shape index (κ1) is 28.7. The average molecular weight is 555 g/mol. The molecule has 0 radical (unpaired) electrons. The van der Waals surface area contributed by atoms with Gasteiger partial charge in [-0.3, -0.25) is 9.59 Å². The molecule has 41 heavy (non-hydrogen) atoms. The summed E-state index contributed by atoms with van der Waals surface area (Å²) in [5.41, 5.74) is 3.52. The van der Waals surface area contributed by atoms with Crippen molar-refractivity contribution < 1.29 is 14.0 Å². The predicted octanol–water partition coefficient (Wildman–Crippen LogP) is 6.56. The van der Waals surface area contributed by atoms with Crippen molar-refractivity contribution in [1.29, 1.82) is 0 Å². The molecule has 3 aromatic rings. The number of likely N-dealkylation sites (tertiary alicyclic amines) is 1. The van der Waals surface area contributed by atoms with Crippen molar-refractivity contribution in [1.82, 2.24) is 9.88 Å². The van der Waals surface area contributed by atoms with Crippen molar-refractivity contribution >= 4 is 23.2 Å². The van der Waals surface area contributed by atoms with E-state index >= 15 is 0 Å². The fraction of sp³-hybridized carbons (Fsp3) is 0.382. The van der Waals surface area contributed by atoms with Crippen LogP contribution in [0.5, 0.6) is 0 Å². The van der Waals surface area contributed by atoms with Gasteiger partial charge in [-0.1, -0.05) is 55.3 Å². The zero-order chi connectivity index (χ0) is 28.6. The number of halogens is 1. The molecule has 0 saturated carbocycles. The van der Waals surface area contributed by atoms with Gasteiger partial charge in [0.05, 0.1) is 12.2 Å². The first-order chi connectivity index (χ1) is 20.0. The molecule has 0 N–H and O–H groups in total. The van der Waals surface area contributed by atoms with Crippen molar-refractivity contribution in [2.75, 3.05) is 36.5 Å². The molecule has 1 fully saturated rings. The van der Waals surface area contributed by atoms with Crippen molar-refractivity contribution in [3.63, 3.8) is 0 Å². The predicted molar refractivity (Wildman–Crippen MR) is 162 cm³/mol. The van der Waals surface area contributed by atoms with Gasteiger partial charge in [-0.05, 0) is 74.6 Å². The molecular weight excluding hydrogens is 515 g/mol. The van der Waals surface area contributed by atoms with E-state index in [0.29, 0.717) is 35.5 Å². The Bertz CT molecular complexity index is 1370. The van der Waals surface area contributed by atoms with Crippen LogP contribution in [0.25, 0.3) is 0 Å². The molecule has 1 amide bonds. The molecule has 1 aromatic heterocycles. The van der Waals surface area contributed by atoms with E-state index in [-0.39, 0.29) is 24.1 Å². The third kappa shape index (κ3) is 7.47. The van der Waals surface area contributed by atoms with E-state index in [2.05, 4.69) is 9.88 Å². The molecule has 1 saturated heterocycles. The van der Waals surface area contributed by atoms with Gasteiger partial charge >= 0.3 is 0 Å². The molecule has 0 atom stereocenters. The van der Waals surface area contributed by atoms with E-state index in [0.717, 1.165) is 43.6 Å². The number of Topliss-reactive ketones (excluding diaryl/α,β-unsaturated/α-hetero) is 1. The second-order valence-corrected chi connectivity index (χ2v) is 11.1. The maximum atomic E-state index is 14.0. The van der Waals surface area contributed by atoms with Crippen LogP contribution in [0.2, 0.25) is 0 Å². The Morgan fingerprint density at radius 3 is 2.39 bits per heavy atom. The number of hydrogen-bond acceptors (Lipinski definition) is 5. The van der Waals surface area contributed by atoms with Gasteiger partial charge in [-0.15, -0.1) is 0 Å². The number of rotatable bonds is 10. The molecule has 214 valence electrons. The Kier molecular flexibility index (Phi) is 9.57. The first-order valence-electron chi connectivity index (χ1n) is 14.8. The highest BCUT2D eigenvalue weighted by atomic mass is 19.1. The second kappa shape index (κ2) is 13.7. The van der Waals surface area contributed by atoms with Gasteiger partial charge in [0.1, 0.15) is 5.82 Å². The summed E-state index contributed by atoms with van der Waals surface area (Å²) in [4.78, 5) is 38.0. The maximum Gasteiger partial charge on any atom is 0.256 e. The highest BCUT2D eigenvalue weighted by Crippen LogP contribution is 2.34. The second-order valence-electron chi connectivity index (χ2n) is 11.1. The Labute approximate surface area is 242 Å². The highest BCUT2D eigenvalue weighted by Gasteiger charge is 2.29. The number of amides is 1. The fourth-order valence-corrected chi connectivity index (χ4v) is 5.69. The summed E-state index contributed by atoms with van der Waals surface area (Å²) < 4.78 is 13.6. The molecule has 6 nitrogen and oxygen atoms in total. The minimum atomic E-state index is -0.328. The van der Waals surface area contributed by atoms with Gasteiger partial charge < -0.3 is 14.7 Å². The van der Waals surface area contributed by atoms with Gasteiger partial charge in [-0.25, -0.2) is 9.37 Å². The Hall–Kier alpha value is -3.84. The summed E-state index contributed by atoms with van der Waals surface area (Å²) in [6.45, 7) is 3.60. The molecule has 2 aliphatic rings. The summed E-state index contributed by atoms with van der Waals surface area (Å²) >= 11 is 0. The number of unbranched alkanes of at least 4 members (excludes halogenated alkanes) is 1. The average Bonchev–Trinajstić information content (AvgIpc) is 3.31. The molecule has 7 heteroatoms. The highest BCUT2D eigenvalue weighted by molar-refractivity contribution is 6.09. The van der Waals surface area contributed by atoms with Gasteiger partial charge in [0, 0.05) is 43.4 Å². The number of ketones is 1. The van der Waals surface area contributed by atoms with Crippen LogP contribution in [0.1, 0.15) is 66.4 Å². The summed E-state index contributed by atoms with van der Waals surface area (Å²) in [5.74, 6) is 0.148. The van der Waals surface area contributed by atoms with E-state index < -0.39 is 0 Å². The first-order valence-corrected chi connectivity index (χ1v) is 14.8. The van der Waals surface area contributed by atoms with Gasteiger partial charge in [0.15, 0.2) is 11.6 Å². The quantitative estimate of drug-likeness (QED) is 0.210. The zero-order valence-electron chi connectivity index (χ0n) is 23.9. The Balaban J connectivity index is 1.36. The van der Waals surface area contributed by atoms with E-state index in [1.54, 1.807) is 29.3 Å². The van der Waals surface area contributed by atoms with Crippen LogP contribution in [-0.2, 0) is 17.8 Å². The molecular formula is C34H39FN4O2. The van der Waals surface area contributed by atoms with Crippen LogP contribution >= 0.6 is 0 Å². The molecule has 0 unspecified atom stereocenters. The zero-order valence-corrected chi connectivity index (χ0v) is 23.9. The van der Waals surface area contributed by atoms with Crippen molar-refractivity contribution in [3.05, 3.63) is 101 Å². The van der Waals surface area contributed by atoms with Gasteiger partial charge in [0.2, 0.25) is 0 Å². The third-order valence-corrected chi connectivity index (χ3v) is 7.98. The van der Waals surface area contributed by atoms with Crippen molar-refractivity contribution in [2.45, 2.75) is 57.9 Å². The number of carbonyl (C=O) groups is 2. The summed E-state index contributed by atoms with van der Waals surface area (Å²) in [6, 6.07) is 17.8. The number of benzene rings is 2. The number of hydrogen-bond donors (Lipinski definition) is 0. The van der Waals surface area contributed by atoms with Gasteiger partial charge in [-0.2, -0.15) is 0 Å². The van der Waals surface area contributed by atoms with Crippen molar-refractivity contribution in [3.8, 4) is 0 Å². The molecule has 0 aliphatic carbocycles. The van der Waals surface area contributed by atoms with E-state index in [1.165, 1.54) is 37.8 Å². The fourth-order valence-electron chi connectivity index (χ4n) is 5.69. The minimum absolute atomic E-state index is 0.0368. The molecule has 2 aromatic carbocycles. The number of nitrogens with zero attached hydrogens (tertiary/aromatic N) is 4. The molecule has 5 rings (SSSR count). The number of carbonyl (C=O) groups excluding carboxylic acids is 2. The molecule has 3 heterocycles. The topological polar surface area (TPSA) is 56.8 Å². The summed E-state index contributed by atoms with van der Waals surface area (Å²) in [5, 5.41) is 0.